The molecule has 1 aliphatic heterocycles. The van der Waals surface area contributed by atoms with Gasteiger partial charge in [-0.3, -0.25) is 0 Å². The Morgan fingerprint density at radius 1 is 1.11 bits per heavy atom. The predicted octanol–water partition coefficient (Wildman–Crippen LogP) is 4.95. The van der Waals surface area contributed by atoms with Crippen molar-refractivity contribution in [2.24, 2.45) is 0 Å². The molecule has 5 nitrogen and oxygen atoms in total. The van der Waals surface area contributed by atoms with E-state index in [1.54, 1.807) is 25.1 Å². The summed E-state index contributed by atoms with van der Waals surface area (Å²) in [5, 5.41) is 23.1. The number of benzene rings is 3. The largest absolute Gasteiger partial charge is 0.851 e. The molecule has 0 amide bonds. The summed E-state index contributed by atoms with van der Waals surface area (Å²) < 4.78 is 31.5. The molecule has 1 fully saturated rings. The predicted molar refractivity (Wildman–Crippen MR) is 130 cm³/mol. The van der Waals surface area contributed by atoms with Gasteiger partial charge in [0.25, 0.3) is 0 Å². The van der Waals surface area contributed by atoms with Crippen LogP contribution < -0.4 is 9.84 Å². The summed E-state index contributed by atoms with van der Waals surface area (Å²) in [6.07, 6.45) is 0.0889. The van der Waals surface area contributed by atoms with E-state index in [9.17, 15) is 14.6 Å². The highest BCUT2D eigenvalue weighted by atomic mass is 35.5. The molecular weight excluding hydrogens is 471 g/mol. The third kappa shape index (κ3) is 6.60. The fraction of sp³-hybridized carbons (Fsp3) is 0.357. The summed E-state index contributed by atoms with van der Waals surface area (Å²) >= 11 is 6.45. The molecule has 0 spiro atoms. The van der Waals surface area contributed by atoms with Crippen LogP contribution in [0.2, 0.25) is 5.02 Å². The highest BCUT2D eigenvalue weighted by Gasteiger charge is 2.38. The second-order valence-electron chi connectivity index (χ2n) is 8.78. The fourth-order valence-electron chi connectivity index (χ4n) is 4.33. The molecule has 1 aliphatic rings. The zero-order valence-electron chi connectivity index (χ0n) is 19.6. The van der Waals surface area contributed by atoms with Gasteiger partial charge in [-0.15, -0.1) is 0 Å². The van der Waals surface area contributed by atoms with Gasteiger partial charge in [0.1, 0.15) is 0 Å². The van der Waals surface area contributed by atoms with Gasteiger partial charge < -0.3 is 24.4 Å². The Balaban J connectivity index is 1.51. The number of hydrogen-bond donors (Lipinski definition) is 1. The number of halogens is 2. The molecule has 35 heavy (non-hydrogen) atoms. The second kappa shape index (κ2) is 11.5. The van der Waals surface area contributed by atoms with Gasteiger partial charge in [0.15, 0.2) is 17.4 Å². The number of rotatable bonds is 9. The topological polar surface area (TPSA) is 71.0 Å². The molecule has 0 aromatic heterocycles. The first kappa shape index (κ1) is 25.6. The van der Waals surface area contributed by atoms with Crippen LogP contribution in [-0.4, -0.2) is 30.2 Å². The Morgan fingerprint density at radius 3 is 2.63 bits per heavy atom. The van der Waals surface area contributed by atoms with Gasteiger partial charge in [-0.05, 0) is 53.8 Å². The highest BCUT2D eigenvalue weighted by molar-refractivity contribution is 6.31. The smallest absolute Gasteiger partial charge is 0.165 e. The lowest BCUT2D eigenvalue weighted by Gasteiger charge is -2.43. The zero-order valence-corrected chi connectivity index (χ0v) is 20.3. The van der Waals surface area contributed by atoms with E-state index in [-0.39, 0.29) is 18.3 Å². The monoisotopic (exact) mass is 499 g/mol. The van der Waals surface area contributed by atoms with Crippen molar-refractivity contribution in [3.63, 3.8) is 0 Å². The minimum Gasteiger partial charge on any atom is -0.851 e. The first-order valence-corrected chi connectivity index (χ1v) is 12.1. The second-order valence-corrected chi connectivity index (χ2v) is 9.19. The number of ether oxygens (including phenoxy) is 3. The number of hydrogen-bond acceptors (Lipinski definition) is 5. The molecule has 1 saturated heterocycles. The molecule has 7 heteroatoms. The average molecular weight is 500 g/mol. The molecule has 0 saturated carbocycles. The molecule has 3 aromatic carbocycles. The minimum atomic E-state index is -1.82. The van der Waals surface area contributed by atoms with Gasteiger partial charge in [-0.2, -0.15) is 0 Å². The van der Waals surface area contributed by atoms with E-state index >= 15 is 0 Å². The van der Waals surface area contributed by atoms with Crippen LogP contribution in [0, 0.1) is 5.82 Å². The fourth-order valence-corrected chi connectivity index (χ4v) is 4.51. The van der Waals surface area contributed by atoms with Crippen molar-refractivity contribution in [3.8, 4) is 5.75 Å². The zero-order chi connectivity index (χ0) is 24.8. The average Bonchev–Trinajstić information content (AvgIpc) is 2.86. The molecule has 3 aromatic rings. The van der Waals surface area contributed by atoms with E-state index in [1.807, 2.05) is 42.5 Å². The van der Waals surface area contributed by atoms with Crippen LogP contribution >= 0.6 is 11.6 Å². The van der Waals surface area contributed by atoms with Gasteiger partial charge in [-0.25, -0.2) is 4.39 Å². The molecule has 4 rings (SSSR count). The Labute approximate surface area is 210 Å². The Morgan fingerprint density at radius 2 is 1.91 bits per heavy atom. The third-order valence-corrected chi connectivity index (χ3v) is 6.44. The van der Waals surface area contributed by atoms with E-state index in [2.05, 4.69) is 0 Å². The summed E-state index contributed by atoms with van der Waals surface area (Å²) in [5.41, 5.74) is 3.32. The lowest BCUT2D eigenvalue weighted by Crippen LogP contribution is -2.50. The van der Waals surface area contributed by atoms with E-state index < -0.39 is 24.3 Å². The maximum Gasteiger partial charge on any atom is 0.165 e. The summed E-state index contributed by atoms with van der Waals surface area (Å²) in [5.74, 6) is -2.03. The lowest BCUT2D eigenvalue weighted by atomic mass is 9.92. The third-order valence-electron chi connectivity index (χ3n) is 6.07. The van der Waals surface area contributed by atoms with Crippen LogP contribution in [0.25, 0.3) is 0 Å². The van der Waals surface area contributed by atoms with Crippen molar-refractivity contribution in [2.45, 2.75) is 50.8 Å². The van der Waals surface area contributed by atoms with Crippen LogP contribution in [0.3, 0.4) is 0 Å². The summed E-state index contributed by atoms with van der Waals surface area (Å²) in [6.45, 7) is 1.78. The molecule has 0 aliphatic carbocycles. The molecule has 1 N–H and O–H groups in total. The summed E-state index contributed by atoms with van der Waals surface area (Å²) in [6, 6.07) is 20.0. The summed E-state index contributed by atoms with van der Waals surface area (Å²) in [4.78, 5) is 0. The lowest BCUT2D eigenvalue weighted by molar-refractivity contribution is -0.449. The van der Waals surface area contributed by atoms with Gasteiger partial charge in [0.05, 0.1) is 25.4 Å². The first-order chi connectivity index (χ1) is 16.9. The van der Waals surface area contributed by atoms with Gasteiger partial charge >= 0.3 is 0 Å². The van der Waals surface area contributed by atoms with Crippen molar-refractivity contribution < 1.29 is 28.8 Å². The molecule has 186 valence electrons. The van der Waals surface area contributed by atoms with Crippen LogP contribution in [0.4, 0.5) is 4.39 Å². The Bertz CT molecular complexity index is 1130. The van der Waals surface area contributed by atoms with E-state index in [1.165, 1.54) is 6.07 Å². The van der Waals surface area contributed by atoms with Crippen molar-refractivity contribution >= 4 is 11.6 Å². The SMILES string of the molecule is CCOc1ccc(Cc2cc([C@H]3C[C@@H](OCc4ccccc4)C[C@](O)(C[O-])O3)ccc2Cl)cc1F. The number of aliphatic hydroxyl groups is 1. The molecule has 1 heterocycles. The maximum absolute atomic E-state index is 14.3. The van der Waals surface area contributed by atoms with Crippen molar-refractivity contribution in [1.29, 1.82) is 0 Å². The molecule has 0 unspecified atom stereocenters. The van der Waals surface area contributed by atoms with Crippen molar-refractivity contribution in [3.05, 3.63) is 99.8 Å². The molecular formula is C28H29ClFO5-. The first-order valence-electron chi connectivity index (χ1n) is 11.7. The normalized spacial score (nSPS) is 22.2. The highest BCUT2D eigenvalue weighted by Crippen LogP contribution is 2.38. The van der Waals surface area contributed by atoms with Crippen LogP contribution in [-0.2, 0) is 22.5 Å². The van der Waals surface area contributed by atoms with Crippen molar-refractivity contribution in [1.82, 2.24) is 0 Å². The van der Waals surface area contributed by atoms with Gasteiger partial charge in [0, 0.05) is 17.9 Å². The maximum atomic E-state index is 14.3. The van der Waals surface area contributed by atoms with E-state index in [0.717, 1.165) is 22.3 Å². The Hall–Kier alpha value is -2.48. The Kier molecular flexibility index (Phi) is 8.42. The van der Waals surface area contributed by atoms with Crippen LogP contribution in [0.5, 0.6) is 5.75 Å². The van der Waals surface area contributed by atoms with Crippen LogP contribution in [0.1, 0.15) is 48.1 Å². The standard InChI is InChI=1S/C28H29ClFO5/c1-2-33-26-11-8-20(13-25(26)30)12-22-14-21(9-10-24(22)29)27-15-23(16-28(32,18-31)35-27)34-17-19-6-4-3-5-7-19/h3-11,13-14,23,27,32H,2,12,15-18H2,1H3/q-1/t23-,27-,28-/m1/s1. The van der Waals surface area contributed by atoms with Crippen LogP contribution in [0.15, 0.2) is 66.7 Å². The van der Waals surface area contributed by atoms with E-state index in [4.69, 9.17) is 25.8 Å². The van der Waals surface area contributed by atoms with Gasteiger partial charge in [-0.1, -0.05) is 66.7 Å². The quantitative estimate of drug-likeness (QED) is 0.451. The van der Waals surface area contributed by atoms with Crippen molar-refractivity contribution in [2.75, 3.05) is 13.2 Å². The molecule has 0 bridgehead atoms. The molecule has 3 atom stereocenters. The summed E-state index contributed by atoms with van der Waals surface area (Å²) in [7, 11) is 0. The van der Waals surface area contributed by atoms with E-state index in [0.29, 0.717) is 31.1 Å². The minimum absolute atomic E-state index is 0.103. The van der Waals surface area contributed by atoms with Gasteiger partial charge in [0.2, 0.25) is 0 Å². The molecule has 0 radical (unpaired) electrons.